The van der Waals surface area contributed by atoms with Crippen LogP contribution in [0.3, 0.4) is 0 Å². The van der Waals surface area contributed by atoms with Crippen LogP contribution in [0, 0.1) is 11.3 Å². The molecule has 2 saturated heterocycles. The molecule has 2 atom stereocenters. The summed E-state index contributed by atoms with van der Waals surface area (Å²) in [4.78, 5) is 41.8. The molecule has 168 valence electrons. The van der Waals surface area contributed by atoms with Crippen molar-refractivity contribution in [2.24, 2.45) is 11.3 Å². The van der Waals surface area contributed by atoms with Crippen LogP contribution in [-0.4, -0.2) is 60.7 Å². The molecule has 3 amide bonds. The monoisotopic (exact) mass is 433 g/mol. The Hall–Kier alpha value is -3.15. The van der Waals surface area contributed by atoms with Crippen molar-refractivity contribution in [2.45, 2.75) is 26.2 Å². The molecule has 0 radical (unpaired) electrons. The number of carbonyl (C=O) groups excluding carboxylic acids is 3. The Balaban J connectivity index is 1.60. The molecule has 0 bridgehead atoms. The Morgan fingerprint density at radius 3 is 2.50 bits per heavy atom. The third-order valence-corrected chi connectivity index (χ3v) is 6.81. The second-order valence-corrected chi connectivity index (χ2v) is 9.02. The lowest BCUT2D eigenvalue weighted by Gasteiger charge is -2.29. The van der Waals surface area contributed by atoms with E-state index < -0.39 is 5.41 Å². The summed E-state index contributed by atoms with van der Waals surface area (Å²) in [6.07, 6.45) is 1.44. The topological polar surface area (TPSA) is 69.7 Å². The molecule has 2 heterocycles. The number of carbonyl (C=O) groups is 3. The zero-order valence-electron chi connectivity index (χ0n) is 18.8. The van der Waals surface area contributed by atoms with E-state index in [0.29, 0.717) is 39.0 Å². The molecule has 2 aromatic carbocycles. The zero-order valence-corrected chi connectivity index (χ0v) is 18.8. The van der Waals surface area contributed by atoms with E-state index in [1.54, 1.807) is 16.8 Å². The van der Waals surface area contributed by atoms with E-state index in [4.69, 9.17) is 0 Å². The number of amides is 3. The number of rotatable bonds is 6. The van der Waals surface area contributed by atoms with Crippen molar-refractivity contribution in [3.8, 4) is 11.1 Å². The van der Waals surface area contributed by atoms with Crippen LogP contribution < -0.4 is 5.32 Å². The summed E-state index contributed by atoms with van der Waals surface area (Å²) < 4.78 is 0. The van der Waals surface area contributed by atoms with E-state index in [2.05, 4.69) is 29.6 Å². The first kappa shape index (κ1) is 22.1. The smallest absolute Gasteiger partial charge is 0.228 e. The van der Waals surface area contributed by atoms with Gasteiger partial charge < -0.3 is 15.1 Å². The Kier molecular flexibility index (Phi) is 6.31. The second-order valence-electron chi connectivity index (χ2n) is 9.02. The zero-order chi connectivity index (χ0) is 22.7. The summed E-state index contributed by atoms with van der Waals surface area (Å²) in [7, 11) is 1.74. The minimum Gasteiger partial charge on any atom is -0.356 e. The number of nitrogens with zero attached hydrogens (tertiary/aromatic N) is 2. The lowest BCUT2D eigenvalue weighted by Crippen LogP contribution is -2.46. The van der Waals surface area contributed by atoms with E-state index in [-0.39, 0.29) is 30.1 Å². The highest BCUT2D eigenvalue weighted by atomic mass is 16.2. The van der Waals surface area contributed by atoms with Crippen molar-refractivity contribution >= 4 is 17.7 Å². The highest BCUT2D eigenvalue weighted by Gasteiger charge is 2.47. The van der Waals surface area contributed by atoms with Crippen molar-refractivity contribution < 1.29 is 14.4 Å². The van der Waals surface area contributed by atoms with Gasteiger partial charge in [-0.1, -0.05) is 54.6 Å². The molecule has 6 heteroatoms. The van der Waals surface area contributed by atoms with Gasteiger partial charge in [0.25, 0.3) is 0 Å². The summed E-state index contributed by atoms with van der Waals surface area (Å²) in [5.74, 6) is -0.313. The molecule has 2 fully saturated rings. The van der Waals surface area contributed by atoms with E-state index in [0.717, 1.165) is 16.7 Å². The molecular formula is C26H31N3O3. The summed E-state index contributed by atoms with van der Waals surface area (Å²) in [6, 6.07) is 18.4. The molecular weight excluding hydrogens is 402 g/mol. The molecule has 0 unspecified atom stereocenters. The van der Waals surface area contributed by atoms with Crippen LogP contribution in [0.4, 0.5) is 0 Å². The predicted octanol–water partition coefficient (Wildman–Crippen LogP) is 2.73. The van der Waals surface area contributed by atoms with Crippen LogP contribution >= 0.6 is 0 Å². The fraction of sp³-hybridized carbons (Fsp3) is 0.423. The Bertz CT molecular complexity index is 1010. The normalized spacial score (nSPS) is 22.9. The van der Waals surface area contributed by atoms with Crippen molar-refractivity contribution in [3.05, 3.63) is 60.2 Å². The van der Waals surface area contributed by atoms with Gasteiger partial charge in [-0.3, -0.25) is 14.4 Å². The van der Waals surface area contributed by atoms with Gasteiger partial charge >= 0.3 is 0 Å². The first-order valence-electron chi connectivity index (χ1n) is 11.4. The van der Waals surface area contributed by atoms with Crippen LogP contribution in [0.25, 0.3) is 11.1 Å². The van der Waals surface area contributed by atoms with Crippen molar-refractivity contribution in [3.63, 3.8) is 0 Å². The van der Waals surface area contributed by atoms with Gasteiger partial charge in [0.15, 0.2) is 0 Å². The summed E-state index contributed by atoms with van der Waals surface area (Å²) in [6.45, 7) is 3.85. The van der Waals surface area contributed by atoms with Gasteiger partial charge in [-0.05, 0) is 36.5 Å². The lowest BCUT2D eigenvalue weighted by molar-refractivity contribution is -0.136. The SMILES string of the molecule is CCNC(=O)[C@@]1(Cc2ccccc2-c2ccccc2)CCN(C(=O)[C@@H]2CC(=O)N(C)C2)C1. The quantitative estimate of drug-likeness (QED) is 0.762. The fourth-order valence-corrected chi connectivity index (χ4v) is 5.04. The average Bonchev–Trinajstić information content (AvgIpc) is 3.39. The van der Waals surface area contributed by atoms with Gasteiger partial charge in [0.2, 0.25) is 17.7 Å². The van der Waals surface area contributed by atoms with Crippen molar-refractivity contribution in [1.82, 2.24) is 15.1 Å². The fourth-order valence-electron chi connectivity index (χ4n) is 5.04. The van der Waals surface area contributed by atoms with Gasteiger partial charge in [-0.2, -0.15) is 0 Å². The number of nitrogens with one attached hydrogen (secondary N) is 1. The van der Waals surface area contributed by atoms with Crippen LogP contribution in [0.5, 0.6) is 0 Å². The molecule has 2 aliphatic rings. The number of benzene rings is 2. The molecule has 0 saturated carbocycles. The maximum absolute atomic E-state index is 13.3. The number of hydrogen-bond donors (Lipinski definition) is 1. The van der Waals surface area contributed by atoms with Crippen LogP contribution in [0.1, 0.15) is 25.3 Å². The predicted molar refractivity (Wildman–Crippen MR) is 124 cm³/mol. The van der Waals surface area contributed by atoms with Gasteiger partial charge in [0, 0.05) is 39.6 Å². The van der Waals surface area contributed by atoms with Gasteiger partial charge in [-0.25, -0.2) is 0 Å². The standard InChI is InChI=1S/C26H31N3O3/c1-3-27-25(32)26(13-14-29(18-26)24(31)21-15-23(30)28(2)17-21)16-20-11-7-8-12-22(20)19-9-5-4-6-10-19/h4-12,21H,3,13-18H2,1-2H3,(H,27,32)/t21-,26-/m1/s1. The molecule has 2 aromatic rings. The van der Waals surface area contributed by atoms with E-state index in [1.165, 1.54) is 0 Å². The number of hydrogen-bond acceptors (Lipinski definition) is 3. The minimum atomic E-state index is -0.676. The van der Waals surface area contributed by atoms with Crippen LogP contribution in [0.2, 0.25) is 0 Å². The Morgan fingerprint density at radius 2 is 1.81 bits per heavy atom. The molecule has 4 rings (SSSR count). The van der Waals surface area contributed by atoms with Gasteiger partial charge in [0.1, 0.15) is 0 Å². The van der Waals surface area contributed by atoms with E-state index >= 15 is 0 Å². The first-order valence-corrected chi connectivity index (χ1v) is 11.4. The summed E-state index contributed by atoms with van der Waals surface area (Å²) >= 11 is 0. The van der Waals surface area contributed by atoms with Gasteiger partial charge in [-0.15, -0.1) is 0 Å². The van der Waals surface area contributed by atoms with Gasteiger partial charge in [0.05, 0.1) is 11.3 Å². The van der Waals surface area contributed by atoms with E-state index in [9.17, 15) is 14.4 Å². The minimum absolute atomic E-state index is 0.00205. The molecule has 0 spiro atoms. The third kappa shape index (κ3) is 4.27. The maximum atomic E-state index is 13.3. The molecule has 0 aliphatic carbocycles. The highest BCUT2D eigenvalue weighted by Crippen LogP contribution is 2.38. The Labute approximate surface area is 189 Å². The number of likely N-dealkylation sites (tertiary alicyclic amines) is 2. The van der Waals surface area contributed by atoms with Crippen molar-refractivity contribution in [1.29, 1.82) is 0 Å². The van der Waals surface area contributed by atoms with Crippen molar-refractivity contribution in [2.75, 3.05) is 33.2 Å². The van der Waals surface area contributed by atoms with Crippen LogP contribution in [0.15, 0.2) is 54.6 Å². The third-order valence-electron chi connectivity index (χ3n) is 6.81. The largest absolute Gasteiger partial charge is 0.356 e. The average molecular weight is 434 g/mol. The van der Waals surface area contributed by atoms with E-state index in [1.807, 2.05) is 37.3 Å². The molecule has 1 N–H and O–H groups in total. The summed E-state index contributed by atoms with van der Waals surface area (Å²) in [5.41, 5.74) is 2.66. The molecule has 6 nitrogen and oxygen atoms in total. The molecule has 32 heavy (non-hydrogen) atoms. The van der Waals surface area contributed by atoms with Crippen LogP contribution in [-0.2, 0) is 20.8 Å². The maximum Gasteiger partial charge on any atom is 0.228 e. The highest BCUT2D eigenvalue weighted by molar-refractivity contribution is 5.91. The molecule has 2 aliphatic heterocycles. The molecule has 0 aromatic heterocycles. The lowest BCUT2D eigenvalue weighted by atomic mass is 9.78. The second kappa shape index (κ2) is 9.15. The summed E-state index contributed by atoms with van der Waals surface area (Å²) in [5, 5.41) is 3.01. The first-order chi connectivity index (χ1) is 15.4. The Morgan fingerprint density at radius 1 is 1.09 bits per heavy atom.